The molecule has 2 fully saturated rings. The Morgan fingerprint density at radius 1 is 1.08 bits per heavy atom. The first-order valence-corrected chi connectivity index (χ1v) is 9.79. The van der Waals surface area contributed by atoms with Gasteiger partial charge in [0.2, 0.25) is 0 Å². The second-order valence-corrected chi connectivity index (χ2v) is 8.54. The zero-order chi connectivity index (χ0) is 18.0. The van der Waals surface area contributed by atoms with Crippen molar-refractivity contribution >= 4 is 34.6 Å². The molecule has 3 aliphatic rings. The number of hydrogen-bond acceptors (Lipinski definition) is 3. The highest BCUT2D eigenvalue weighted by molar-refractivity contribution is 6.36. The van der Waals surface area contributed by atoms with Crippen molar-refractivity contribution in [3.63, 3.8) is 0 Å². The zero-order valence-corrected chi connectivity index (χ0v) is 15.5. The average Bonchev–Trinajstić information content (AvgIpc) is 3.23. The number of rotatable bonds is 2. The number of halogens is 2. The van der Waals surface area contributed by atoms with E-state index in [-0.39, 0.29) is 16.7 Å². The first-order chi connectivity index (χ1) is 12.5. The van der Waals surface area contributed by atoms with Crippen molar-refractivity contribution < 1.29 is 4.92 Å². The van der Waals surface area contributed by atoms with Crippen molar-refractivity contribution in [3.05, 3.63) is 67.7 Å². The van der Waals surface area contributed by atoms with Gasteiger partial charge in [0, 0.05) is 33.4 Å². The number of nitro groups is 1. The lowest BCUT2D eigenvalue weighted by Crippen LogP contribution is -2.35. The molecule has 5 atom stereocenters. The number of non-ortho nitro benzene ring substituents is 1. The van der Waals surface area contributed by atoms with Gasteiger partial charge in [-0.1, -0.05) is 29.3 Å². The maximum atomic E-state index is 11.3. The summed E-state index contributed by atoms with van der Waals surface area (Å²) in [4.78, 5) is 11.0. The highest BCUT2D eigenvalue weighted by Gasteiger charge is 2.54. The maximum absolute atomic E-state index is 11.3. The summed E-state index contributed by atoms with van der Waals surface area (Å²) >= 11 is 13.1. The Hall–Kier alpha value is -1.78. The monoisotopic (exact) mass is 388 g/mol. The van der Waals surface area contributed by atoms with Crippen LogP contribution in [0.1, 0.15) is 42.3 Å². The van der Waals surface area contributed by atoms with Crippen LogP contribution in [0.4, 0.5) is 11.4 Å². The Balaban J connectivity index is 1.67. The molecule has 134 valence electrons. The van der Waals surface area contributed by atoms with Crippen LogP contribution in [0.5, 0.6) is 0 Å². The van der Waals surface area contributed by atoms with Gasteiger partial charge in [-0.2, -0.15) is 0 Å². The fourth-order valence-electron chi connectivity index (χ4n) is 5.68. The van der Waals surface area contributed by atoms with Gasteiger partial charge in [-0.05, 0) is 66.7 Å². The van der Waals surface area contributed by atoms with E-state index in [9.17, 15) is 10.1 Å². The molecule has 0 saturated heterocycles. The van der Waals surface area contributed by atoms with Crippen molar-refractivity contribution in [1.82, 2.24) is 0 Å². The molecule has 2 aromatic rings. The van der Waals surface area contributed by atoms with Crippen LogP contribution in [0.25, 0.3) is 0 Å². The van der Waals surface area contributed by atoms with Crippen LogP contribution in [-0.4, -0.2) is 4.92 Å². The Morgan fingerprint density at radius 3 is 2.54 bits per heavy atom. The summed E-state index contributed by atoms with van der Waals surface area (Å²) < 4.78 is 0. The second kappa shape index (κ2) is 5.86. The molecule has 2 bridgehead atoms. The zero-order valence-electron chi connectivity index (χ0n) is 14.0. The van der Waals surface area contributed by atoms with E-state index in [2.05, 4.69) is 5.32 Å². The number of benzene rings is 2. The van der Waals surface area contributed by atoms with Crippen LogP contribution in [-0.2, 0) is 0 Å². The van der Waals surface area contributed by atoms with Gasteiger partial charge in [0.15, 0.2) is 0 Å². The van der Waals surface area contributed by atoms with Gasteiger partial charge in [0.1, 0.15) is 0 Å². The molecule has 0 aromatic heterocycles. The molecule has 0 amide bonds. The number of hydrogen-bond donors (Lipinski definition) is 1. The number of nitro benzene ring substituents is 1. The van der Waals surface area contributed by atoms with E-state index < -0.39 is 0 Å². The van der Waals surface area contributed by atoms with E-state index in [0.29, 0.717) is 33.7 Å². The molecule has 2 aromatic carbocycles. The summed E-state index contributed by atoms with van der Waals surface area (Å²) in [5, 5.41) is 16.3. The normalized spacial score (nSPS) is 31.2. The number of nitrogens with one attached hydrogen (secondary N) is 1. The molecule has 1 aliphatic heterocycles. The van der Waals surface area contributed by atoms with E-state index in [1.165, 1.54) is 19.3 Å². The Bertz CT molecular complexity index is 896. The lowest BCUT2D eigenvalue weighted by molar-refractivity contribution is -0.384. The predicted molar refractivity (Wildman–Crippen MR) is 103 cm³/mol. The highest BCUT2D eigenvalue weighted by atomic mass is 35.5. The third kappa shape index (κ3) is 2.28. The maximum Gasteiger partial charge on any atom is 0.269 e. The molecule has 0 spiro atoms. The first-order valence-electron chi connectivity index (χ1n) is 9.03. The molecule has 6 heteroatoms. The smallest absolute Gasteiger partial charge is 0.269 e. The molecule has 26 heavy (non-hydrogen) atoms. The van der Waals surface area contributed by atoms with Gasteiger partial charge in [-0.3, -0.25) is 10.1 Å². The lowest BCUT2D eigenvalue weighted by Gasteiger charge is -2.43. The van der Waals surface area contributed by atoms with Crippen LogP contribution < -0.4 is 5.32 Å². The molecule has 0 unspecified atom stereocenters. The van der Waals surface area contributed by atoms with E-state index in [4.69, 9.17) is 23.2 Å². The van der Waals surface area contributed by atoms with Crippen LogP contribution in [0.15, 0.2) is 36.4 Å². The van der Waals surface area contributed by atoms with Crippen LogP contribution in [0.3, 0.4) is 0 Å². The molecular formula is C20H18Cl2N2O2. The van der Waals surface area contributed by atoms with Gasteiger partial charge in [-0.25, -0.2) is 0 Å². The summed E-state index contributed by atoms with van der Waals surface area (Å²) in [5.41, 5.74) is 3.20. The Kier molecular flexibility index (Phi) is 3.70. The van der Waals surface area contributed by atoms with Crippen molar-refractivity contribution in [2.24, 2.45) is 17.8 Å². The predicted octanol–water partition coefficient (Wildman–Crippen LogP) is 6.20. The highest BCUT2D eigenvalue weighted by Crippen LogP contribution is 2.64. The molecule has 2 aliphatic carbocycles. The fraction of sp³-hybridized carbons (Fsp3) is 0.400. The fourth-order valence-corrected chi connectivity index (χ4v) is 6.32. The Labute approximate surface area is 161 Å². The van der Waals surface area contributed by atoms with E-state index in [1.54, 1.807) is 12.1 Å². The van der Waals surface area contributed by atoms with Crippen molar-refractivity contribution in [2.75, 3.05) is 5.32 Å². The van der Waals surface area contributed by atoms with Gasteiger partial charge in [-0.15, -0.1) is 0 Å². The van der Waals surface area contributed by atoms with Crippen LogP contribution in [0, 0.1) is 27.9 Å². The van der Waals surface area contributed by atoms with Gasteiger partial charge < -0.3 is 5.32 Å². The summed E-state index contributed by atoms with van der Waals surface area (Å²) in [6, 6.07) is 10.9. The van der Waals surface area contributed by atoms with Gasteiger partial charge >= 0.3 is 0 Å². The Morgan fingerprint density at radius 2 is 1.81 bits per heavy atom. The minimum atomic E-state index is -0.306. The number of fused-ring (bicyclic) bond motifs is 7. The largest absolute Gasteiger partial charge is 0.378 e. The number of anilines is 1. The molecule has 5 rings (SSSR count). The summed E-state index contributed by atoms with van der Waals surface area (Å²) in [5.74, 6) is 1.92. The molecule has 0 radical (unpaired) electrons. The minimum Gasteiger partial charge on any atom is -0.378 e. The quantitative estimate of drug-likeness (QED) is 0.492. The van der Waals surface area contributed by atoms with Crippen molar-refractivity contribution in [2.45, 2.75) is 31.2 Å². The van der Waals surface area contributed by atoms with Gasteiger partial charge in [0.05, 0.1) is 11.0 Å². The first kappa shape index (κ1) is 16.4. The third-order valence-electron chi connectivity index (χ3n) is 6.59. The van der Waals surface area contributed by atoms with E-state index in [0.717, 1.165) is 16.8 Å². The molecule has 2 saturated carbocycles. The van der Waals surface area contributed by atoms with Crippen molar-refractivity contribution in [3.8, 4) is 0 Å². The molecular weight excluding hydrogens is 371 g/mol. The minimum absolute atomic E-state index is 0.0467. The van der Waals surface area contributed by atoms with Gasteiger partial charge in [0.25, 0.3) is 5.69 Å². The average molecular weight is 389 g/mol. The lowest BCUT2D eigenvalue weighted by atomic mass is 9.68. The van der Waals surface area contributed by atoms with E-state index in [1.807, 2.05) is 24.3 Å². The second-order valence-electron chi connectivity index (χ2n) is 7.72. The molecule has 1 N–H and O–H groups in total. The van der Waals surface area contributed by atoms with Crippen LogP contribution in [0.2, 0.25) is 10.0 Å². The topological polar surface area (TPSA) is 55.2 Å². The van der Waals surface area contributed by atoms with Crippen molar-refractivity contribution in [1.29, 1.82) is 0 Å². The number of nitrogens with zero attached hydrogens (tertiary/aromatic N) is 1. The van der Waals surface area contributed by atoms with E-state index >= 15 is 0 Å². The third-order valence-corrected chi connectivity index (χ3v) is 7.25. The standard InChI is InChI=1S/C20H18Cl2N2O2/c21-14-2-1-3-15(22)19(14)20-18-11-5-4-10(8-11)17(18)13-9-12(24(25)26)6-7-16(13)23-20/h1-3,6-7,9-11,17-18,20,23H,4-5,8H2/t10-,11-,17-,18+,20+/m0/s1. The summed E-state index contributed by atoms with van der Waals surface area (Å²) in [7, 11) is 0. The summed E-state index contributed by atoms with van der Waals surface area (Å²) in [6.45, 7) is 0. The summed E-state index contributed by atoms with van der Waals surface area (Å²) in [6.07, 6.45) is 3.62. The van der Waals surface area contributed by atoms with Crippen LogP contribution >= 0.6 is 23.2 Å². The molecule has 4 nitrogen and oxygen atoms in total. The SMILES string of the molecule is O=[N+]([O-])c1ccc2c(c1)[C@@H]1[C@H]3CC[C@@H](C3)[C@H]1[C@H](c1c(Cl)cccc1Cl)N2. The molecule has 1 heterocycles.